The van der Waals surface area contributed by atoms with Gasteiger partial charge in [0.05, 0.1) is 11.3 Å². The van der Waals surface area contributed by atoms with Gasteiger partial charge in [-0.25, -0.2) is 12.8 Å². The van der Waals surface area contributed by atoms with Gasteiger partial charge in [-0.1, -0.05) is 6.07 Å². The molecule has 3 aromatic rings. The van der Waals surface area contributed by atoms with Crippen LogP contribution in [0.25, 0.3) is 0 Å². The number of benzene rings is 2. The Kier molecular flexibility index (Phi) is 6.13. The molecule has 0 aliphatic carbocycles. The standard InChI is InChI=1S/C19H14F4N2O3S2/c20-14-5-9-16(10-6-14)25(30(27,28)18-2-1-11-29-18)12-17(26)24-15-7-3-13(4-8-15)19(21,22)23/h1-11H,12H2,(H,24,26). The van der Waals surface area contributed by atoms with Crippen molar-refractivity contribution in [2.24, 2.45) is 0 Å². The number of anilines is 2. The molecule has 0 saturated heterocycles. The highest BCUT2D eigenvalue weighted by Gasteiger charge is 2.30. The molecule has 1 heterocycles. The van der Waals surface area contributed by atoms with Gasteiger partial charge < -0.3 is 5.32 Å². The van der Waals surface area contributed by atoms with E-state index in [-0.39, 0.29) is 15.6 Å². The number of nitrogens with one attached hydrogen (secondary N) is 1. The first-order valence-corrected chi connectivity index (χ1v) is 10.7. The van der Waals surface area contributed by atoms with Crippen LogP contribution < -0.4 is 9.62 Å². The summed E-state index contributed by atoms with van der Waals surface area (Å²) in [6.45, 7) is -0.660. The van der Waals surface area contributed by atoms with Crippen LogP contribution in [0.3, 0.4) is 0 Å². The average molecular weight is 458 g/mol. The summed E-state index contributed by atoms with van der Waals surface area (Å²) in [6.07, 6.45) is -4.52. The summed E-state index contributed by atoms with van der Waals surface area (Å²) in [5, 5.41) is 3.92. The number of nitrogens with zero attached hydrogens (tertiary/aromatic N) is 1. The first kappa shape index (κ1) is 21.8. The third-order valence-electron chi connectivity index (χ3n) is 3.94. The molecule has 30 heavy (non-hydrogen) atoms. The molecule has 1 N–H and O–H groups in total. The molecule has 1 aromatic heterocycles. The third kappa shape index (κ3) is 4.97. The van der Waals surface area contributed by atoms with Crippen molar-refractivity contribution in [3.63, 3.8) is 0 Å². The number of thiophene rings is 1. The van der Waals surface area contributed by atoms with Crippen LogP contribution in [0.4, 0.5) is 28.9 Å². The lowest BCUT2D eigenvalue weighted by Gasteiger charge is -2.23. The van der Waals surface area contributed by atoms with Crippen LogP contribution in [0.1, 0.15) is 5.56 Å². The molecule has 0 atom stereocenters. The summed E-state index contributed by atoms with van der Waals surface area (Å²) in [7, 11) is -4.12. The predicted octanol–water partition coefficient (Wildman–Crippen LogP) is 4.74. The second-order valence-electron chi connectivity index (χ2n) is 6.04. The highest BCUT2D eigenvalue weighted by molar-refractivity contribution is 7.94. The largest absolute Gasteiger partial charge is 0.416 e. The zero-order chi connectivity index (χ0) is 21.9. The van der Waals surface area contributed by atoms with Crippen molar-refractivity contribution in [2.45, 2.75) is 10.4 Å². The van der Waals surface area contributed by atoms with E-state index < -0.39 is 40.0 Å². The van der Waals surface area contributed by atoms with Crippen LogP contribution in [0.2, 0.25) is 0 Å². The maximum absolute atomic E-state index is 13.3. The van der Waals surface area contributed by atoms with E-state index in [2.05, 4.69) is 5.32 Å². The summed E-state index contributed by atoms with van der Waals surface area (Å²) in [5.41, 5.74) is -0.748. The molecule has 11 heteroatoms. The lowest BCUT2D eigenvalue weighted by molar-refractivity contribution is -0.137. The van der Waals surface area contributed by atoms with E-state index in [1.807, 2.05) is 0 Å². The van der Waals surface area contributed by atoms with E-state index in [1.165, 1.54) is 24.3 Å². The molecule has 1 amide bonds. The molecule has 158 valence electrons. The molecule has 2 aromatic carbocycles. The highest BCUT2D eigenvalue weighted by atomic mass is 32.2. The topological polar surface area (TPSA) is 66.5 Å². The van der Waals surface area contributed by atoms with Crippen LogP contribution in [0.5, 0.6) is 0 Å². The van der Waals surface area contributed by atoms with Crippen LogP contribution in [0.15, 0.2) is 70.3 Å². The van der Waals surface area contributed by atoms with Gasteiger partial charge in [-0.15, -0.1) is 11.3 Å². The molecule has 5 nitrogen and oxygen atoms in total. The Hall–Kier alpha value is -2.92. The fourth-order valence-corrected chi connectivity index (χ4v) is 5.04. The normalized spacial score (nSPS) is 11.9. The molecule has 0 bridgehead atoms. The van der Waals surface area contributed by atoms with E-state index in [0.717, 1.165) is 52.0 Å². The third-order valence-corrected chi connectivity index (χ3v) is 7.08. The Morgan fingerprint density at radius 3 is 2.17 bits per heavy atom. The van der Waals surface area contributed by atoms with Crippen molar-refractivity contribution in [3.05, 3.63) is 77.4 Å². The molecular formula is C19H14F4N2O3S2. The summed E-state index contributed by atoms with van der Waals surface area (Å²) >= 11 is 0.949. The molecular weight excluding hydrogens is 444 g/mol. The van der Waals surface area contributed by atoms with Crippen molar-refractivity contribution < 1.29 is 30.8 Å². The van der Waals surface area contributed by atoms with E-state index >= 15 is 0 Å². The average Bonchev–Trinajstić information content (AvgIpc) is 3.22. The summed E-state index contributed by atoms with van der Waals surface area (Å²) in [4.78, 5) is 12.5. The molecule has 0 aliphatic rings. The Morgan fingerprint density at radius 1 is 1.00 bits per heavy atom. The number of amides is 1. The van der Waals surface area contributed by atoms with Crippen molar-refractivity contribution >= 4 is 38.6 Å². The Balaban J connectivity index is 1.84. The van der Waals surface area contributed by atoms with Crippen LogP contribution >= 0.6 is 11.3 Å². The van der Waals surface area contributed by atoms with Crippen LogP contribution in [-0.2, 0) is 21.0 Å². The van der Waals surface area contributed by atoms with Gasteiger partial charge >= 0.3 is 6.18 Å². The minimum atomic E-state index is -4.52. The smallest absolute Gasteiger partial charge is 0.325 e. The van der Waals surface area contributed by atoms with Crippen molar-refractivity contribution in [1.29, 1.82) is 0 Å². The van der Waals surface area contributed by atoms with Gasteiger partial charge in [0, 0.05) is 5.69 Å². The predicted molar refractivity (Wildman–Crippen MR) is 105 cm³/mol. The molecule has 0 unspecified atom stereocenters. The zero-order valence-electron chi connectivity index (χ0n) is 15.1. The molecule has 0 spiro atoms. The zero-order valence-corrected chi connectivity index (χ0v) is 16.7. The molecule has 0 radical (unpaired) electrons. The highest BCUT2D eigenvalue weighted by Crippen LogP contribution is 2.30. The fraction of sp³-hybridized carbons (Fsp3) is 0.105. The lowest BCUT2D eigenvalue weighted by Crippen LogP contribution is -2.37. The lowest BCUT2D eigenvalue weighted by atomic mass is 10.2. The summed E-state index contributed by atoms with van der Waals surface area (Å²) < 4.78 is 77.9. The van der Waals surface area contributed by atoms with Crippen molar-refractivity contribution in [2.75, 3.05) is 16.2 Å². The molecule has 0 fully saturated rings. The Bertz CT molecular complexity index is 1110. The van der Waals surface area contributed by atoms with Crippen molar-refractivity contribution in [1.82, 2.24) is 0 Å². The monoisotopic (exact) mass is 458 g/mol. The number of carbonyl (C=O) groups is 1. The Labute approximate surface area is 173 Å². The number of carbonyl (C=O) groups excluding carboxylic acids is 1. The number of rotatable bonds is 6. The first-order chi connectivity index (χ1) is 14.1. The summed E-state index contributed by atoms with van der Waals surface area (Å²) in [5.74, 6) is -1.36. The van der Waals surface area contributed by atoms with Gasteiger partial charge in [0.1, 0.15) is 16.6 Å². The van der Waals surface area contributed by atoms with Crippen molar-refractivity contribution in [3.8, 4) is 0 Å². The quantitative estimate of drug-likeness (QED) is 0.543. The van der Waals surface area contributed by atoms with E-state index in [0.29, 0.717) is 0 Å². The molecule has 0 saturated carbocycles. The minimum absolute atomic E-state index is 0.0193. The number of sulfonamides is 1. The SMILES string of the molecule is O=C(CN(c1ccc(F)cc1)S(=O)(=O)c1cccs1)Nc1ccc(C(F)(F)F)cc1. The van der Waals surface area contributed by atoms with Gasteiger partial charge in [-0.3, -0.25) is 9.10 Å². The van der Waals surface area contributed by atoms with Crippen LogP contribution in [0, 0.1) is 5.82 Å². The number of hydrogen-bond acceptors (Lipinski definition) is 4. The van der Waals surface area contributed by atoms with Gasteiger partial charge in [0.25, 0.3) is 10.0 Å². The van der Waals surface area contributed by atoms with Gasteiger partial charge in [0.15, 0.2) is 0 Å². The maximum Gasteiger partial charge on any atom is 0.416 e. The molecule has 0 aliphatic heterocycles. The number of halogens is 4. The minimum Gasteiger partial charge on any atom is -0.325 e. The van der Waals surface area contributed by atoms with Crippen LogP contribution in [-0.4, -0.2) is 20.9 Å². The van der Waals surface area contributed by atoms with Gasteiger partial charge in [-0.2, -0.15) is 13.2 Å². The second kappa shape index (κ2) is 8.44. The van der Waals surface area contributed by atoms with Gasteiger partial charge in [-0.05, 0) is 60.0 Å². The fourth-order valence-electron chi connectivity index (χ4n) is 2.51. The first-order valence-electron chi connectivity index (χ1n) is 8.36. The van der Waals surface area contributed by atoms with E-state index in [1.54, 1.807) is 5.38 Å². The maximum atomic E-state index is 13.3. The number of alkyl halides is 3. The number of hydrogen-bond donors (Lipinski definition) is 1. The summed E-state index contributed by atoms with van der Waals surface area (Å²) in [6, 6.07) is 11.2. The van der Waals surface area contributed by atoms with E-state index in [4.69, 9.17) is 0 Å². The second-order valence-corrected chi connectivity index (χ2v) is 9.08. The van der Waals surface area contributed by atoms with E-state index in [9.17, 15) is 30.8 Å². The van der Waals surface area contributed by atoms with Gasteiger partial charge in [0.2, 0.25) is 5.91 Å². The Morgan fingerprint density at radius 2 is 1.63 bits per heavy atom. The molecule has 3 rings (SSSR count).